The largest absolute Gasteiger partial charge is 0.322 e. The first-order valence-corrected chi connectivity index (χ1v) is 8.98. The van der Waals surface area contributed by atoms with Crippen molar-refractivity contribution < 1.29 is 13.2 Å². The predicted octanol–water partition coefficient (Wildman–Crippen LogP) is 2.40. The fourth-order valence-electron chi connectivity index (χ4n) is 2.11. The van der Waals surface area contributed by atoms with Crippen LogP contribution in [0.5, 0.6) is 0 Å². The van der Waals surface area contributed by atoms with Gasteiger partial charge < -0.3 is 5.32 Å². The molecule has 2 aromatic rings. The van der Waals surface area contributed by atoms with E-state index in [-0.39, 0.29) is 5.56 Å². The van der Waals surface area contributed by atoms with Gasteiger partial charge in [-0.05, 0) is 29.8 Å². The number of anilines is 2. The monoisotopic (exact) mass is 343 g/mol. The second kappa shape index (κ2) is 7.15. The van der Waals surface area contributed by atoms with Crippen LogP contribution in [0.3, 0.4) is 0 Å². The van der Waals surface area contributed by atoms with Crippen LogP contribution in [0.25, 0.3) is 0 Å². The summed E-state index contributed by atoms with van der Waals surface area (Å²) in [6.45, 7) is 0. The van der Waals surface area contributed by atoms with E-state index in [0.29, 0.717) is 17.8 Å². The summed E-state index contributed by atoms with van der Waals surface area (Å²) < 4.78 is 24.5. The molecule has 0 spiro atoms. The number of hydrogen-bond donors (Lipinski definition) is 1. The first-order chi connectivity index (χ1) is 11.3. The van der Waals surface area contributed by atoms with E-state index in [4.69, 9.17) is 5.26 Å². The van der Waals surface area contributed by atoms with E-state index < -0.39 is 15.9 Å². The Bertz CT molecular complexity index is 884. The Kier molecular flexibility index (Phi) is 5.21. The molecule has 2 aromatic carbocycles. The highest BCUT2D eigenvalue weighted by Gasteiger charge is 2.19. The van der Waals surface area contributed by atoms with Crippen LogP contribution in [0.2, 0.25) is 0 Å². The van der Waals surface area contributed by atoms with Crippen molar-refractivity contribution in [3.05, 3.63) is 59.7 Å². The first-order valence-electron chi connectivity index (χ1n) is 7.13. The molecule has 0 aromatic heterocycles. The lowest BCUT2D eigenvalue weighted by atomic mass is 10.1. The molecule has 124 valence electrons. The topological polar surface area (TPSA) is 90.3 Å². The molecular weight excluding hydrogens is 326 g/mol. The second-order valence-electron chi connectivity index (χ2n) is 5.23. The van der Waals surface area contributed by atoms with Gasteiger partial charge in [-0.2, -0.15) is 5.26 Å². The molecule has 0 fully saturated rings. The summed E-state index contributed by atoms with van der Waals surface area (Å²) in [6, 6.07) is 15.5. The van der Waals surface area contributed by atoms with Crippen molar-refractivity contribution in [3.63, 3.8) is 0 Å². The zero-order valence-electron chi connectivity index (χ0n) is 13.4. The van der Waals surface area contributed by atoms with E-state index >= 15 is 0 Å². The zero-order valence-corrected chi connectivity index (χ0v) is 14.2. The number of amides is 1. The highest BCUT2D eigenvalue weighted by molar-refractivity contribution is 7.92. The maximum Gasteiger partial charge on any atom is 0.257 e. The summed E-state index contributed by atoms with van der Waals surface area (Å²) in [4.78, 5) is 12.5. The van der Waals surface area contributed by atoms with Gasteiger partial charge in [0.25, 0.3) is 5.91 Å². The Morgan fingerprint density at radius 1 is 1.17 bits per heavy atom. The van der Waals surface area contributed by atoms with E-state index in [1.165, 1.54) is 7.05 Å². The van der Waals surface area contributed by atoms with Gasteiger partial charge in [-0.1, -0.05) is 24.3 Å². The highest BCUT2D eigenvalue weighted by atomic mass is 32.2. The molecule has 0 aliphatic heterocycles. The molecular formula is C17H17N3O3S. The molecule has 1 N–H and O–H groups in total. The van der Waals surface area contributed by atoms with Gasteiger partial charge in [-0.3, -0.25) is 9.10 Å². The minimum absolute atomic E-state index is 0.256. The van der Waals surface area contributed by atoms with Crippen molar-refractivity contribution in [1.82, 2.24) is 0 Å². The number of nitrogens with one attached hydrogen (secondary N) is 1. The predicted molar refractivity (Wildman–Crippen MR) is 93.4 cm³/mol. The average Bonchev–Trinajstić information content (AvgIpc) is 2.55. The SMILES string of the molecule is CN(c1ccccc1C(=O)Nc1ccc(CC#N)cc1)S(C)(=O)=O. The summed E-state index contributed by atoms with van der Waals surface area (Å²) in [6.07, 6.45) is 1.38. The third-order valence-corrected chi connectivity index (χ3v) is 4.67. The Morgan fingerprint density at radius 3 is 2.38 bits per heavy atom. The van der Waals surface area contributed by atoms with E-state index in [0.717, 1.165) is 16.1 Å². The van der Waals surface area contributed by atoms with Gasteiger partial charge in [0.2, 0.25) is 10.0 Å². The number of hydrogen-bond acceptors (Lipinski definition) is 4. The molecule has 1 amide bonds. The number of nitriles is 1. The Balaban J connectivity index is 2.26. The molecule has 0 aliphatic rings. The number of benzene rings is 2. The van der Waals surface area contributed by atoms with E-state index in [1.807, 2.05) is 0 Å². The maximum absolute atomic E-state index is 12.5. The van der Waals surface area contributed by atoms with E-state index in [2.05, 4.69) is 11.4 Å². The van der Waals surface area contributed by atoms with Crippen molar-refractivity contribution in [2.75, 3.05) is 22.9 Å². The number of carbonyl (C=O) groups excluding carboxylic acids is 1. The van der Waals surface area contributed by atoms with Gasteiger partial charge in [-0.25, -0.2) is 8.42 Å². The van der Waals surface area contributed by atoms with Gasteiger partial charge >= 0.3 is 0 Å². The molecule has 7 heteroatoms. The summed E-state index contributed by atoms with van der Waals surface area (Å²) >= 11 is 0. The van der Waals surface area contributed by atoms with Gasteiger partial charge in [0.05, 0.1) is 30.0 Å². The molecule has 0 radical (unpaired) electrons. The van der Waals surface area contributed by atoms with Crippen LogP contribution in [-0.4, -0.2) is 27.6 Å². The number of sulfonamides is 1. The zero-order chi connectivity index (χ0) is 17.7. The molecule has 0 saturated heterocycles. The van der Waals surface area contributed by atoms with Crippen LogP contribution in [0, 0.1) is 11.3 Å². The molecule has 0 bridgehead atoms. The molecule has 0 heterocycles. The highest BCUT2D eigenvalue weighted by Crippen LogP contribution is 2.22. The minimum Gasteiger partial charge on any atom is -0.322 e. The summed E-state index contributed by atoms with van der Waals surface area (Å²) in [7, 11) is -2.07. The summed E-state index contributed by atoms with van der Waals surface area (Å²) in [5, 5.41) is 11.4. The molecule has 0 aliphatic carbocycles. The van der Waals surface area contributed by atoms with Crippen LogP contribution >= 0.6 is 0 Å². The van der Waals surface area contributed by atoms with Gasteiger partial charge in [0.1, 0.15) is 0 Å². The van der Waals surface area contributed by atoms with E-state index in [1.54, 1.807) is 48.5 Å². The number of nitrogens with zero attached hydrogens (tertiary/aromatic N) is 2. The van der Waals surface area contributed by atoms with Crippen LogP contribution in [0.15, 0.2) is 48.5 Å². The van der Waals surface area contributed by atoms with Gasteiger partial charge in [-0.15, -0.1) is 0 Å². The normalized spacial score (nSPS) is 10.7. The molecule has 0 atom stereocenters. The summed E-state index contributed by atoms with van der Waals surface area (Å²) in [5.74, 6) is -0.408. The molecule has 0 saturated carbocycles. The summed E-state index contributed by atoms with van der Waals surface area (Å²) in [5.41, 5.74) is 1.98. The smallest absolute Gasteiger partial charge is 0.257 e. The van der Waals surface area contributed by atoms with Crippen LogP contribution in [0.1, 0.15) is 15.9 Å². The lowest BCUT2D eigenvalue weighted by molar-refractivity contribution is 0.102. The number of para-hydroxylation sites is 1. The fourth-order valence-corrected chi connectivity index (χ4v) is 2.63. The molecule has 6 nitrogen and oxygen atoms in total. The Morgan fingerprint density at radius 2 is 1.79 bits per heavy atom. The maximum atomic E-state index is 12.5. The third kappa shape index (κ3) is 4.12. The van der Waals surface area contributed by atoms with Crippen molar-refractivity contribution in [3.8, 4) is 6.07 Å². The average molecular weight is 343 g/mol. The van der Waals surface area contributed by atoms with Crippen molar-refractivity contribution >= 4 is 27.3 Å². The van der Waals surface area contributed by atoms with Gasteiger partial charge in [0, 0.05) is 12.7 Å². The van der Waals surface area contributed by atoms with Crippen LogP contribution in [0.4, 0.5) is 11.4 Å². The first kappa shape index (κ1) is 17.5. The Labute approximate surface area is 141 Å². The van der Waals surface area contributed by atoms with Crippen molar-refractivity contribution in [2.24, 2.45) is 0 Å². The second-order valence-corrected chi connectivity index (χ2v) is 7.25. The third-order valence-electron chi connectivity index (χ3n) is 3.48. The lowest BCUT2D eigenvalue weighted by Crippen LogP contribution is -2.27. The standard InChI is InChI=1S/C17H17N3O3S/c1-20(24(2,22)23)16-6-4-3-5-15(16)17(21)19-14-9-7-13(8-10-14)11-12-18/h3-10H,11H2,1-2H3,(H,19,21). The number of rotatable bonds is 5. The molecule has 24 heavy (non-hydrogen) atoms. The molecule has 0 unspecified atom stereocenters. The van der Waals surface area contributed by atoms with Crippen LogP contribution < -0.4 is 9.62 Å². The number of carbonyl (C=O) groups is 1. The molecule has 2 rings (SSSR count). The Hall–Kier alpha value is -2.85. The fraction of sp³-hybridized carbons (Fsp3) is 0.176. The van der Waals surface area contributed by atoms with Crippen LogP contribution in [-0.2, 0) is 16.4 Å². The van der Waals surface area contributed by atoms with Crippen molar-refractivity contribution in [1.29, 1.82) is 5.26 Å². The van der Waals surface area contributed by atoms with E-state index in [9.17, 15) is 13.2 Å². The quantitative estimate of drug-likeness (QED) is 0.902. The van der Waals surface area contributed by atoms with Crippen molar-refractivity contribution in [2.45, 2.75) is 6.42 Å². The van der Waals surface area contributed by atoms with Gasteiger partial charge in [0.15, 0.2) is 0 Å². The minimum atomic E-state index is -3.47. The lowest BCUT2D eigenvalue weighted by Gasteiger charge is -2.19.